The van der Waals surface area contributed by atoms with E-state index < -0.39 is 0 Å². The number of anilines is 1. The molecule has 2 atom stereocenters. The molecule has 32 heavy (non-hydrogen) atoms. The first-order valence-corrected chi connectivity index (χ1v) is 11.0. The Hall–Kier alpha value is -3.75. The third-order valence-corrected chi connectivity index (χ3v) is 6.81. The van der Waals surface area contributed by atoms with Crippen molar-refractivity contribution in [3.63, 3.8) is 0 Å². The average molecular weight is 428 g/mol. The number of nitrogens with one attached hydrogen (secondary N) is 2. The van der Waals surface area contributed by atoms with Crippen LogP contribution < -0.4 is 4.90 Å². The third kappa shape index (κ3) is 2.96. The minimum Gasteiger partial charge on any atom is -0.346 e. The van der Waals surface area contributed by atoms with Crippen molar-refractivity contribution in [2.45, 2.75) is 32.7 Å². The summed E-state index contributed by atoms with van der Waals surface area (Å²) in [4.78, 5) is 26.8. The molecule has 1 fully saturated rings. The number of fused-ring (bicyclic) bond motifs is 2. The summed E-state index contributed by atoms with van der Waals surface area (Å²) >= 11 is 0. The molecule has 0 saturated carbocycles. The Labute approximate surface area is 184 Å². The summed E-state index contributed by atoms with van der Waals surface area (Å²) < 4.78 is 2.12. The fourth-order valence-electron chi connectivity index (χ4n) is 5.14. The summed E-state index contributed by atoms with van der Waals surface area (Å²) in [6.45, 7) is 6.41. The van der Waals surface area contributed by atoms with Crippen molar-refractivity contribution in [3.05, 3.63) is 49.4 Å². The van der Waals surface area contributed by atoms with Gasteiger partial charge in [0.1, 0.15) is 17.6 Å². The zero-order chi connectivity index (χ0) is 21.7. The van der Waals surface area contributed by atoms with Crippen LogP contribution >= 0.6 is 0 Å². The zero-order valence-electron chi connectivity index (χ0n) is 18.2. The Morgan fingerprint density at radius 2 is 1.97 bits per heavy atom. The highest BCUT2D eigenvalue weighted by Gasteiger charge is 2.42. The number of aromatic nitrogens is 8. The summed E-state index contributed by atoms with van der Waals surface area (Å²) in [5.74, 6) is 0.788. The first kappa shape index (κ1) is 19.0. The van der Waals surface area contributed by atoms with Gasteiger partial charge in [0, 0.05) is 59.6 Å². The molecule has 2 unspecified atom stereocenters. The molecular weight excluding hydrogens is 402 g/mol. The lowest BCUT2D eigenvalue weighted by molar-refractivity contribution is 0.196. The number of H-pyrrole nitrogens is 2. The number of rotatable bonds is 5. The average Bonchev–Trinajstić information content (AvgIpc) is 3.59. The van der Waals surface area contributed by atoms with Crippen LogP contribution in [0.3, 0.4) is 0 Å². The minimum atomic E-state index is 0.0567. The van der Waals surface area contributed by atoms with Gasteiger partial charge in [-0.25, -0.2) is 15.0 Å². The Morgan fingerprint density at radius 3 is 2.88 bits per heavy atom. The van der Waals surface area contributed by atoms with Gasteiger partial charge in [0.25, 0.3) is 0 Å². The summed E-state index contributed by atoms with van der Waals surface area (Å²) in [6, 6.07) is 4.27. The Kier molecular flexibility index (Phi) is 4.24. The van der Waals surface area contributed by atoms with E-state index in [1.165, 1.54) is 0 Å². The van der Waals surface area contributed by atoms with Crippen LogP contribution in [0.5, 0.6) is 0 Å². The SMILES string of the molecule is CCC(n1cc(-c2ncnc3[nH]ccc23)cn1)C1(C)CCN(c2ncc3cc[nH]c3n2)C1. The lowest BCUT2D eigenvalue weighted by atomic mass is 9.80. The van der Waals surface area contributed by atoms with Crippen LogP contribution in [0, 0.1) is 5.41 Å². The highest BCUT2D eigenvalue weighted by Crippen LogP contribution is 2.43. The van der Waals surface area contributed by atoms with E-state index in [4.69, 9.17) is 10.1 Å². The number of hydrogen-bond acceptors (Lipinski definition) is 6. The third-order valence-electron chi connectivity index (χ3n) is 6.81. The van der Waals surface area contributed by atoms with E-state index >= 15 is 0 Å². The van der Waals surface area contributed by atoms with Gasteiger partial charge < -0.3 is 14.9 Å². The summed E-state index contributed by atoms with van der Waals surface area (Å²) in [5.41, 5.74) is 3.69. The van der Waals surface area contributed by atoms with E-state index in [9.17, 15) is 0 Å². The van der Waals surface area contributed by atoms with Crippen molar-refractivity contribution >= 4 is 28.0 Å². The van der Waals surface area contributed by atoms with E-state index in [1.807, 2.05) is 36.9 Å². The molecule has 1 aliphatic heterocycles. The molecule has 6 rings (SSSR count). The lowest BCUT2D eigenvalue weighted by Gasteiger charge is -2.33. The Morgan fingerprint density at radius 1 is 1.09 bits per heavy atom. The second kappa shape index (κ2) is 7.15. The smallest absolute Gasteiger partial charge is 0.227 e. The van der Waals surface area contributed by atoms with E-state index in [0.717, 1.165) is 65.2 Å². The molecular formula is C23H25N9. The van der Waals surface area contributed by atoms with Crippen molar-refractivity contribution in [2.75, 3.05) is 18.0 Å². The van der Waals surface area contributed by atoms with Gasteiger partial charge in [-0.15, -0.1) is 0 Å². The van der Waals surface area contributed by atoms with Crippen LogP contribution in [0.2, 0.25) is 0 Å². The van der Waals surface area contributed by atoms with E-state index in [0.29, 0.717) is 0 Å². The number of nitrogens with zero attached hydrogens (tertiary/aromatic N) is 7. The fraction of sp³-hybridized carbons (Fsp3) is 0.348. The quantitative estimate of drug-likeness (QED) is 0.440. The monoisotopic (exact) mass is 427 g/mol. The van der Waals surface area contributed by atoms with Gasteiger partial charge in [0.15, 0.2) is 0 Å². The molecule has 1 aliphatic rings. The molecule has 0 aromatic carbocycles. The van der Waals surface area contributed by atoms with Crippen molar-refractivity contribution < 1.29 is 0 Å². The van der Waals surface area contributed by atoms with Crippen LogP contribution in [-0.2, 0) is 0 Å². The highest BCUT2D eigenvalue weighted by atomic mass is 15.3. The van der Waals surface area contributed by atoms with Gasteiger partial charge in [-0.05, 0) is 25.0 Å². The Balaban J connectivity index is 1.28. The van der Waals surface area contributed by atoms with Crippen LogP contribution in [0.1, 0.15) is 32.7 Å². The second-order valence-electron chi connectivity index (χ2n) is 8.87. The molecule has 5 aromatic rings. The molecule has 0 aliphatic carbocycles. The van der Waals surface area contributed by atoms with E-state index in [-0.39, 0.29) is 11.5 Å². The van der Waals surface area contributed by atoms with Crippen molar-refractivity contribution in [2.24, 2.45) is 5.41 Å². The molecule has 0 spiro atoms. The van der Waals surface area contributed by atoms with Gasteiger partial charge in [0.2, 0.25) is 5.95 Å². The maximum atomic E-state index is 4.77. The second-order valence-corrected chi connectivity index (χ2v) is 8.87. The van der Waals surface area contributed by atoms with Gasteiger partial charge in [0.05, 0.1) is 17.9 Å². The largest absolute Gasteiger partial charge is 0.346 e. The lowest BCUT2D eigenvalue weighted by Crippen LogP contribution is -2.34. The van der Waals surface area contributed by atoms with E-state index in [2.05, 4.69) is 54.5 Å². The first-order chi connectivity index (χ1) is 15.6. The standard InChI is InChI=1S/C23H25N9/c1-3-18(32-12-16(11-29-32)19-17-5-8-25-21(17)28-14-27-19)23(2)6-9-31(13-23)22-26-10-15-4-7-24-20(15)30-22/h4-5,7-8,10-12,14,18H,3,6,9,13H2,1-2H3,(H,24,26,30)(H,25,27,28). The van der Waals surface area contributed by atoms with Crippen molar-refractivity contribution in [1.82, 2.24) is 39.7 Å². The van der Waals surface area contributed by atoms with Gasteiger partial charge in [-0.3, -0.25) is 4.68 Å². The predicted octanol–water partition coefficient (Wildman–Crippen LogP) is 3.96. The minimum absolute atomic E-state index is 0.0567. The fourth-order valence-corrected chi connectivity index (χ4v) is 5.14. The summed E-state index contributed by atoms with van der Waals surface area (Å²) in [5, 5.41) is 6.81. The zero-order valence-corrected chi connectivity index (χ0v) is 18.2. The number of hydrogen-bond donors (Lipinski definition) is 2. The van der Waals surface area contributed by atoms with Crippen molar-refractivity contribution in [1.29, 1.82) is 0 Å². The molecule has 162 valence electrons. The first-order valence-electron chi connectivity index (χ1n) is 11.0. The Bertz CT molecular complexity index is 1400. The van der Waals surface area contributed by atoms with Crippen LogP contribution in [0.15, 0.2) is 49.4 Å². The normalized spacial score (nSPS) is 19.9. The molecule has 6 heterocycles. The summed E-state index contributed by atoms with van der Waals surface area (Å²) in [7, 11) is 0. The van der Waals surface area contributed by atoms with Gasteiger partial charge in [-0.2, -0.15) is 10.1 Å². The van der Waals surface area contributed by atoms with E-state index in [1.54, 1.807) is 6.33 Å². The predicted molar refractivity (Wildman–Crippen MR) is 123 cm³/mol. The van der Waals surface area contributed by atoms with Crippen LogP contribution in [0.4, 0.5) is 5.95 Å². The molecule has 9 heteroatoms. The van der Waals surface area contributed by atoms with Gasteiger partial charge in [-0.1, -0.05) is 13.8 Å². The molecule has 1 saturated heterocycles. The topological polar surface area (TPSA) is 104 Å². The molecule has 2 N–H and O–H groups in total. The molecule has 0 radical (unpaired) electrons. The molecule has 0 amide bonds. The highest BCUT2D eigenvalue weighted by molar-refractivity contribution is 5.90. The maximum Gasteiger partial charge on any atom is 0.227 e. The van der Waals surface area contributed by atoms with Crippen LogP contribution in [0.25, 0.3) is 33.3 Å². The number of aromatic amines is 2. The summed E-state index contributed by atoms with van der Waals surface area (Å²) in [6.07, 6.45) is 13.4. The van der Waals surface area contributed by atoms with Crippen LogP contribution in [-0.4, -0.2) is 52.8 Å². The molecule has 5 aromatic heterocycles. The maximum absolute atomic E-state index is 4.77. The van der Waals surface area contributed by atoms with Crippen molar-refractivity contribution in [3.8, 4) is 11.3 Å². The molecule has 9 nitrogen and oxygen atoms in total. The van der Waals surface area contributed by atoms with Gasteiger partial charge >= 0.3 is 0 Å². The molecule has 0 bridgehead atoms.